The average molecular weight is 305 g/mol. The van der Waals surface area contributed by atoms with E-state index in [1.54, 1.807) is 0 Å². The van der Waals surface area contributed by atoms with Gasteiger partial charge in [0.05, 0.1) is 19.1 Å². The molecule has 1 aromatic rings. The predicted octanol–water partition coefficient (Wildman–Crippen LogP) is 1.11. The van der Waals surface area contributed by atoms with Crippen LogP contribution in [0.5, 0.6) is 0 Å². The average Bonchev–Trinajstić information content (AvgIpc) is 2.55. The minimum atomic E-state index is -0.455. The van der Waals surface area contributed by atoms with Gasteiger partial charge in [0.25, 0.3) is 0 Å². The smallest absolute Gasteiger partial charge is 0.314 e. The van der Waals surface area contributed by atoms with Crippen molar-refractivity contribution in [1.29, 1.82) is 0 Å². The van der Waals surface area contributed by atoms with E-state index in [-0.39, 0.29) is 11.8 Å². The monoisotopic (exact) mass is 305 g/mol. The summed E-state index contributed by atoms with van der Waals surface area (Å²) in [6.45, 7) is 2.52. The molecule has 0 saturated carbocycles. The molecule has 0 aliphatic carbocycles. The lowest BCUT2D eigenvalue weighted by Gasteiger charge is -2.30. The van der Waals surface area contributed by atoms with E-state index in [2.05, 4.69) is 5.32 Å². The number of hydrogen-bond donors (Lipinski definition) is 2. The maximum atomic E-state index is 12.1. The number of hydrogen-bond acceptors (Lipinski definition) is 3. The van der Waals surface area contributed by atoms with Crippen molar-refractivity contribution in [1.82, 2.24) is 10.2 Å². The lowest BCUT2D eigenvalue weighted by Crippen LogP contribution is -2.47. The number of ether oxygens (including phenoxy) is 1. The van der Waals surface area contributed by atoms with Crippen LogP contribution in [0.4, 0.5) is 4.79 Å². The van der Waals surface area contributed by atoms with Gasteiger partial charge in [-0.15, -0.1) is 0 Å². The third kappa shape index (κ3) is 5.04. The number of benzene rings is 1. The van der Waals surface area contributed by atoms with E-state index < -0.39 is 6.03 Å². The lowest BCUT2D eigenvalue weighted by molar-refractivity contribution is -0.126. The van der Waals surface area contributed by atoms with E-state index in [1.807, 2.05) is 30.3 Å². The van der Waals surface area contributed by atoms with Gasteiger partial charge in [-0.25, -0.2) is 4.79 Å². The quantitative estimate of drug-likeness (QED) is 0.772. The van der Waals surface area contributed by atoms with Crippen LogP contribution in [0.15, 0.2) is 30.3 Å². The first kappa shape index (κ1) is 16.3. The summed E-state index contributed by atoms with van der Waals surface area (Å²) in [7, 11) is 0. The zero-order valence-electron chi connectivity index (χ0n) is 12.7. The molecule has 0 bridgehead atoms. The summed E-state index contributed by atoms with van der Waals surface area (Å²) in [6.07, 6.45) is 1.60. The predicted molar refractivity (Wildman–Crippen MR) is 83.0 cm³/mol. The Morgan fingerprint density at radius 2 is 2.09 bits per heavy atom. The van der Waals surface area contributed by atoms with Gasteiger partial charge >= 0.3 is 6.03 Å². The molecule has 120 valence electrons. The molecule has 1 aromatic carbocycles. The standard InChI is InChI=1S/C16H23N3O3/c17-16(21)19-9-4-7-14(11-19)15(20)18-8-10-22-12-13-5-2-1-3-6-13/h1-3,5-6,14H,4,7-12H2,(H2,17,21)(H,18,20). The van der Waals surface area contributed by atoms with E-state index in [4.69, 9.17) is 10.5 Å². The number of carbonyl (C=O) groups is 2. The Hall–Kier alpha value is -2.08. The first-order valence-corrected chi connectivity index (χ1v) is 7.60. The second kappa shape index (κ2) is 8.38. The number of nitrogens with one attached hydrogen (secondary N) is 1. The molecule has 1 fully saturated rings. The Kier molecular flexibility index (Phi) is 6.21. The fourth-order valence-electron chi connectivity index (χ4n) is 2.55. The molecule has 3 N–H and O–H groups in total. The Balaban J connectivity index is 1.62. The first-order valence-electron chi connectivity index (χ1n) is 7.60. The number of urea groups is 1. The van der Waals surface area contributed by atoms with Crippen LogP contribution in [0, 0.1) is 5.92 Å². The highest BCUT2D eigenvalue weighted by molar-refractivity contribution is 5.80. The van der Waals surface area contributed by atoms with Crippen LogP contribution in [0.25, 0.3) is 0 Å². The molecule has 0 radical (unpaired) electrons. The van der Waals surface area contributed by atoms with Crippen molar-refractivity contribution in [2.75, 3.05) is 26.2 Å². The minimum absolute atomic E-state index is 0.0331. The van der Waals surface area contributed by atoms with Crippen LogP contribution in [-0.4, -0.2) is 43.1 Å². The van der Waals surface area contributed by atoms with Gasteiger partial charge in [-0.1, -0.05) is 30.3 Å². The largest absolute Gasteiger partial charge is 0.375 e. The van der Waals surface area contributed by atoms with Crippen LogP contribution in [0.1, 0.15) is 18.4 Å². The number of nitrogens with zero attached hydrogens (tertiary/aromatic N) is 1. The molecule has 22 heavy (non-hydrogen) atoms. The molecule has 1 saturated heterocycles. The second-order valence-corrected chi connectivity index (χ2v) is 5.45. The lowest BCUT2D eigenvalue weighted by atomic mass is 9.97. The van der Waals surface area contributed by atoms with Crippen molar-refractivity contribution in [2.45, 2.75) is 19.4 Å². The van der Waals surface area contributed by atoms with Crippen molar-refractivity contribution in [2.24, 2.45) is 11.7 Å². The van der Waals surface area contributed by atoms with Gasteiger partial charge in [-0.3, -0.25) is 4.79 Å². The highest BCUT2D eigenvalue weighted by atomic mass is 16.5. The van der Waals surface area contributed by atoms with E-state index in [9.17, 15) is 9.59 Å². The van der Waals surface area contributed by atoms with Gasteiger partial charge in [0.2, 0.25) is 5.91 Å². The number of primary amides is 1. The Labute approximate surface area is 130 Å². The van der Waals surface area contributed by atoms with Crippen LogP contribution in [-0.2, 0) is 16.1 Å². The second-order valence-electron chi connectivity index (χ2n) is 5.45. The number of carbonyl (C=O) groups excluding carboxylic acids is 2. The number of rotatable bonds is 6. The van der Waals surface area contributed by atoms with E-state index in [0.29, 0.717) is 32.8 Å². The van der Waals surface area contributed by atoms with Gasteiger partial charge in [-0.2, -0.15) is 0 Å². The summed E-state index contributed by atoms with van der Waals surface area (Å²) in [5, 5.41) is 2.86. The van der Waals surface area contributed by atoms with Gasteiger partial charge in [-0.05, 0) is 18.4 Å². The van der Waals surface area contributed by atoms with E-state index in [1.165, 1.54) is 4.90 Å². The molecular weight excluding hydrogens is 282 g/mol. The van der Waals surface area contributed by atoms with E-state index >= 15 is 0 Å². The van der Waals surface area contributed by atoms with E-state index in [0.717, 1.165) is 18.4 Å². The number of nitrogens with two attached hydrogens (primary N) is 1. The Bertz CT molecular complexity index is 493. The zero-order valence-corrected chi connectivity index (χ0v) is 12.7. The van der Waals surface area contributed by atoms with Gasteiger partial charge < -0.3 is 20.7 Å². The molecule has 0 spiro atoms. The molecule has 1 heterocycles. The summed E-state index contributed by atoms with van der Waals surface area (Å²) in [6, 6.07) is 9.44. The SMILES string of the molecule is NC(=O)N1CCCC(C(=O)NCCOCc2ccccc2)C1. The fourth-order valence-corrected chi connectivity index (χ4v) is 2.55. The molecule has 1 aliphatic rings. The first-order chi connectivity index (χ1) is 10.7. The third-order valence-corrected chi connectivity index (χ3v) is 3.76. The summed E-state index contributed by atoms with van der Waals surface area (Å²) in [5.74, 6) is -0.204. The third-order valence-electron chi connectivity index (χ3n) is 3.76. The molecule has 6 heteroatoms. The molecule has 6 nitrogen and oxygen atoms in total. The van der Waals surface area contributed by atoms with Gasteiger partial charge in [0.1, 0.15) is 0 Å². The molecule has 1 unspecified atom stereocenters. The van der Waals surface area contributed by atoms with Crippen LogP contribution < -0.4 is 11.1 Å². The van der Waals surface area contributed by atoms with Gasteiger partial charge in [0, 0.05) is 19.6 Å². The van der Waals surface area contributed by atoms with Crippen molar-refractivity contribution < 1.29 is 14.3 Å². The summed E-state index contributed by atoms with van der Waals surface area (Å²) >= 11 is 0. The summed E-state index contributed by atoms with van der Waals surface area (Å²) in [4.78, 5) is 24.7. The summed E-state index contributed by atoms with van der Waals surface area (Å²) < 4.78 is 5.52. The minimum Gasteiger partial charge on any atom is -0.375 e. The normalized spacial score (nSPS) is 18.0. The van der Waals surface area contributed by atoms with Crippen LogP contribution in [0.3, 0.4) is 0 Å². The number of piperidine rings is 1. The summed E-state index contributed by atoms with van der Waals surface area (Å²) in [5.41, 5.74) is 6.37. The van der Waals surface area contributed by atoms with Crippen molar-refractivity contribution in [3.05, 3.63) is 35.9 Å². The number of amides is 3. The maximum absolute atomic E-state index is 12.1. The molecule has 3 amide bonds. The fraction of sp³-hybridized carbons (Fsp3) is 0.500. The molecule has 1 aliphatic heterocycles. The maximum Gasteiger partial charge on any atom is 0.314 e. The molecule has 2 rings (SSSR count). The van der Waals surface area contributed by atoms with Crippen molar-refractivity contribution in [3.63, 3.8) is 0 Å². The highest BCUT2D eigenvalue weighted by Crippen LogP contribution is 2.16. The highest BCUT2D eigenvalue weighted by Gasteiger charge is 2.26. The van der Waals surface area contributed by atoms with Crippen molar-refractivity contribution >= 4 is 11.9 Å². The number of likely N-dealkylation sites (tertiary alicyclic amines) is 1. The van der Waals surface area contributed by atoms with Crippen molar-refractivity contribution in [3.8, 4) is 0 Å². The topological polar surface area (TPSA) is 84.7 Å². The Morgan fingerprint density at radius 1 is 1.32 bits per heavy atom. The van der Waals surface area contributed by atoms with Crippen LogP contribution in [0.2, 0.25) is 0 Å². The molecular formula is C16H23N3O3. The molecule has 1 atom stereocenters. The molecule has 0 aromatic heterocycles. The zero-order chi connectivity index (χ0) is 15.8. The van der Waals surface area contributed by atoms with Crippen LogP contribution >= 0.6 is 0 Å². The Morgan fingerprint density at radius 3 is 2.82 bits per heavy atom. The van der Waals surface area contributed by atoms with Gasteiger partial charge in [0.15, 0.2) is 0 Å².